The Hall–Kier alpha value is -1.35. The van der Waals surface area contributed by atoms with Crippen LogP contribution in [0.5, 0.6) is 0 Å². The van der Waals surface area contributed by atoms with Crippen LogP contribution in [-0.4, -0.2) is 23.3 Å². The highest BCUT2D eigenvalue weighted by Gasteiger charge is 2.36. The van der Waals surface area contributed by atoms with E-state index in [4.69, 9.17) is 4.74 Å². The van der Waals surface area contributed by atoms with Crippen LogP contribution in [-0.2, 0) is 9.53 Å². The molecule has 0 amide bonds. The topological polar surface area (TPSA) is 46.5 Å². The van der Waals surface area contributed by atoms with Crippen molar-refractivity contribution < 1.29 is 14.6 Å². The lowest BCUT2D eigenvalue weighted by Gasteiger charge is -2.33. The Morgan fingerprint density at radius 3 is 2.41 bits per heavy atom. The first-order valence-electron chi connectivity index (χ1n) is 8.69. The van der Waals surface area contributed by atoms with Gasteiger partial charge in [-0.05, 0) is 43.6 Å². The standard InChI is InChI=1S/C19H26O3/c20-17-12-6-7-13-18(17)22-19(21)16-11-5-4-10-15(16)14-8-2-1-3-9-14/h1-3,8-9,15-18,20H,4-7,10-13H2/t15-,16-,17-,18-/m1/s1. The normalized spacial score (nSPS) is 32.4. The van der Waals surface area contributed by atoms with E-state index in [1.807, 2.05) is 18.2 Å². The van der Waals surface area contributed by atoms with Crippen LogP contribution in [0.4, 0.5) is 0 Å². The van der Waals surface area contributed by atoms with Gasteiger partial charge >= 0.3 is 5.97 Å². The number of aliphatic hydroxyl groups is 1. The van der Waals surface area contributed by atoms with E-state index in [9.17, 15) is 9.90 Å². The van der Waals surface area contributed by atoms with Crippen molar-refractivity contribution in [2.45, 2.75) is 69.5 Å². The summed E-state index contributed by atoms with van der Waals surface area (Å²) < 4.78 is 5.71. The minimum absolute atomic E-state index is 0.0507. The zero-order valence-corrected chi connectivity index (χ0v) is 13.1. The second-order valence-corrected chi connectivity index (χ2v) is 6.74. The van der Waals surface area contributed by atoms with E-state index in [1.54, 1.807) is 0 Å². The molecule has 120 valence electrons. The molecular formula is C19H26O3. The fourth-order valence-electron chi connectivity index (χ4n) is 3.96. The minimum Gasteiger partial charge on any atom is -0.459 e. The van der Waals surface area contributed by atoms with Crippen LogP contribution in [0, 0.1) is 5.92 Å². The molecule has 1 aromatic carbocycles. The molecule has 0 radical (unpaired) electrons. The molecule has 0 heterocycles. The number of carbonyl (C=O) groups excluding carboxylic acids is 1. The molecule has 1 aromatic rings. The van der Waals surface area contributed by atoms with E-state index >= 15 is 0 Å². The Bertz CT molecular complexity index is 485. The molecule has 2 fully saturated rings. The summed E-state index contributed by atoms with van der Waals surface area (Å²) >= 11 is 0. The Balaban J connectivity index is 1.69. The molecule has 0 unspecified atom stereocenters. The van der Waals surface area contributed by atoms with Gasteiger partial charge in [0.05, 0.1) is 12.0 Å². The molecule has 0 saturated heterocycles. The molecule has 3 nitrogen and oxygen atoms in total. The lowest BCUT2D eigenvalue weighted by Crippen LogP contribution is -2.37. The molecule has 0 spiro atoms. The highest BCUT2D eigenvalue weighted by atomic mass is 16.6. The number of ether oxygens (including phenoxy) is 1. The molecule has 0 aromatic heterocycles. The summed E-state index contributed by atoms with van der Waals surface area (Å²) in [6.07, 6.45) is 7.09. The van der Waals surface area contributed by atoms with Crippen LogP contribution in [0.15, 0.2) is 30.3 Å². The largest absolute Gasteiger partial charge is 0.459 e. The van der Waals surface area contributed by atoms with Crippen LogP contribution in [0.2, 0.25) is 0 Å². The molecule has 3 rings (SSSR count). The van der Waals surface area contributed by atoms with Crippen molar-refractivity contribution in [3.63, 3.8) is 0 Å². The molecule has 2 aliphatic carbocycles. The van der Waals surface area contributed by atoms with Crippen LogP contribution < -0.4 is 0 Å². The number of hydrogen-bond acceptors (Lipinski definition) is 3. The fraction of sp³-hybridized carbons (Fsp3) is 0.632. The minimum atomic E-state index is -0.475. The molecule has 3 heteroatoms. The molecule has 1 N–H and O–H groups in total. The van der Waals surface area contributed by atoms with E-state index in [1.165, 1.54) is 12.0 Å². The second-order valence-electron chi connectivity index (χ2n) is 6.74. The summed E-state index contributed by atoms with van der Waals surface area (Å²) in [4.78, 5) is 12.7. The van der Waals surface area contributed by atoms with Crippen molar-refractivity contribution in [2.75, 3.05) is 0 Å². The number of hydrogen-bond donors (Lipinski definition) is 1. The zero-order chi connectivity index (χ0) is 15.4. The molecule has 2 aliphatic rings. The van der Waals surface area contributed by atoms with E-state index in [0.717, 1.165) is 44.9 Å². The number of rotatable bonds is 3. The third-order valence-corrected chi connectivity index (χ3v) is 5.23. The predicted molar refractivity (Wildman–Crippen MR) is 85.5 cm³/mol. The number of benzene rings is 1. The van der Waals surface area contributed by atoms with Crippen molar-refractivity contribution >= 4 is 5.97 Å². The van der Waals surface area contributed by atoms with Gasteiger partial charge in [-0.1, -0.05) is 49.6 Å². The molecule has 0 bridgehead atoms. The van der Waals surface area contributed by atoms with E-state index in [2.05, 4.69) is 12.1 Å². The number of esters is 1. The molecule has 4 atom stereocenters. The average molecular weight is 302 g/mol. The van der Waals surface area contributed by atoms with Gasteiger partial charge in [0.15, 0.2) is 0 Å². The SMILES string of the molecule is O=C(O[C@@H]1CCCC[C@H]1O)[C@@H]1CCCC[C@@H]1c1ccccc1. The first-order valence-corrected chi connectivity index (χ1v) is 8.69. The second kappa shape index (κ2) is 7.28. The van der Waals surface area contributed by atoms with Gasteiger partial charge in [0, 0.05) is 0 Å². The third kappa shape index (κ3) is 3.52. The first-order chi connectivity index (χ1) is 10.8. The molecule has 0 aliphatic heterocycles. The monoisotopic (exact) mass is 302 g/mol. The summed E-state index contributed by atoms with van der Waals surface area (Å²) in [7, 11) is 0. The molecule has 2 saturated carbocycles. The van der Waals surface area contributed by atoms with Crippen LogP contribution in [0.1, 0.15) is 62.8 Å². The van der Waals surface area contributed by atoms with Crippen molar-refractivity contribution in [1.29, 1.82) is 0 Å². The first kappa shape index (κ1) is 15.5. The lowest BCUT2D eigenvalue weighted by molar-refractivity contribution is -0.164. The van der Waals surface area contributed by atoms with Crippen LogP contribution in [0.25, 0.3) is 0 Å². The van der Waals surface area contributed by atoms with Gasteiger partial charge in [-0.3, -0.25) is 4.79 Å². The summed E-state index contributed by atoms with van der Waals surface area (Å²) in [5, 5.41) is 10.0. The summed E-state index contributed by atoms with van der Waals surface area (Å²) in [5.74, 6) is 0.118. The summed E-state index contributed by atoms with van der Waals surface area (Å²) in [6.45, 7) is 0. The zero-order valence-electron chi connectivity index (χ0n) is 13.1. The van der Waals surface area contributed by atoms with Crippen LogP contribution >= 0.6 is 0 Å². The summed E-state index contributed by atoms with van der Waals surface area (Å²) in [6, 6.07) is 10.3. The van der Waals surface area contributed by atoms with E-state index < -0.39 is 6.10 Å². The third-order valence-electron chi connectivity index (χ3n) is 5.23. The van der Waals surface area contributed by atoms with Gasteiger partial charge in [0.25, 0.3) is 0 Å². The Kier molecular flexibility index (Phi) is 5.14. The fourth-order valence-corrected chi connectivity index (χ4v) is 3.96. The Morgan fingerprint density at radius 1 is 0.955 bits per heavy atom. The van der Waals surface area contributed by atoms with Crippen LogP contribution in [0.3, 0.4) is 0 Å². The Labute approximate surface area is 132 Å². The number of aliphatic hydroxyl groups excluding tert-OH is 1. The average Bonchev–Trinajstić information content (AvgIpc) is 2.58. The predicted octanol–water partition coefficient (Wildman–Crippen LogP) is 3.81. The van der Waals surface area contributed by atoms with Crippen molar-refractivity contribution in [1.82, 2.24) is 0 Å². The van der Waals surface area contributed by atoms with Gasteiger partial charge < -0.3 is 9.84 Å². The van der Waals surface area contributed by atoms with Gasteiger partial charge in [0.2, 0.25) is 0 Å². The molecule has 22 heavy (non-hydrogen) atoms. The van der Waals surface area contributed by atoms with Gasteiger partial charge in [-0.15, -0.1) is 0 Å². The van der Waals surface area contributed by atoms with E-state index in [0.29, 0.717) is 0 Å². The smallest absolute Gasteiger partial charge is 0.309 e. The van der Waals surface area contributed by atoms with Crippen molar-refractivity contribution in [3.05, 3.63) is 35.9 Å². The maximum atomic E-state index is 12.7. The van der Waals surface area contributed by atoms with Gasteiger partial charge in [-0.2, -0.15) is 0 Å². The highest BCUT2D eigenvalue weighted by molar-refractivity contribution is 5.74. The van der Waals surface area contributed by atoms with Gasteiger partial charge in [-0.25, -0.2) is 0 Å². The lowest BCUT2D eigenvalue weighted by atomic mass is 9.75. The quantitative estimate of drug-likeness (QED) is 0.864. The number of carbonyl (C=O) groups is 1. The maximum absolute atomic E-state index is 12.7. The van der Waals surface area contributed by atoms with Crippen molar-refractivity contribution in [3.8, 4) is 0 Å². The molecular weight excluding hydrogens is 276 g/mol. The van der Waals surface area contributed by atoms with Crippen molar-refractivity contribution in [2.24, 2.45) is 5.92 Å². The maximum Gasteiger partial charge on any atom is 0.309 e. The van der Waals surface area contributed by atoms with Gasteiger partial charge in [0.1, 0.15) is 6.10 Å². The Morgan fingerprint density at radius 2 is 1.64 bits per heavy atom. The highest BCUT2D eigenvalue weighted by Crippen LogP contribution is 2.39. The van der Waals surface area contributed by atoms with E-state index in [-0.39, 0.29) is 23.9 Å². The summed E-state index contributed by atoms with van der Waals surface area (Å²) in [5.41, 5.74) is 1.24.